The number of benzene rings is 1. The van der Waals surface area contributed by atoms with Gasteiger partial charge in [-0.25, -0.2) is 9.97 Å². The van der Waals surface area contributed by atoms with Gasteiger partial charge in [-0.1, -0.05) is 11.6 Å². The Morgan fingerprint density at radius 3 is 2.70 bits per heavy atom. The average molecular weight is 288 g/mol. The van der Waals surface area contributed by atoms with E-state index in [1.165, 1.54) is 0 Å². The molecule has 0 spiro atoms. The Hall–Kier alpha value is -2.32. The van der Waals surface area contributed by atoms with Crippen molar-refractivity contribution in [1.29, 1.82) is 5.26 Å². The van der Waals surface area contributed by atoms with Crippen LogP contribution in [-0.2, 0) is 0 Å². The zero-order valence-corrected chi connectivity index (χ0v) is 12.0. The van der Waals surface area contributed by atoms with Gasteiger partial charge in [0.2, 0.25) is 0 Å². The average Bonchev–Trinajstić information content (AvgIpc) is 2.38. The molecule has 1 aromatic heterocycles. The standard InChI is InChI=1S/C14H14ClN5/c1-3-17-13-7-14(19-9(2)18-13)20-12-6-11(15)5-4-10(12)8-16/h4-7H,3H2,1-2H3,(H2,17,18,19,20). The second kappa shape index (κ2) is 6.22. The van der Waals surface area contributed by atoms with Gasteiger partial charge in [0.05, 0.1) is 11.3 Å². The van der Waals surface area contributed by atoms with Crippen LogP contribution >= 0.6 is 11.6 Å². The maximum atomic E-state index is 9.10. The number of aryl methyl sites for hydroxylation is 1. The van der Waals surface area contributed by atoms with Crippen LogP contribution in [0, 0.1) is 18.3 Å². The van der Waals surface area contributed by atoms with Crippen molar-refractivity contribution in [2.75, 3.05) is 17.2 Å². The molecule has 0 amide bonds. The van der Waals surface area contributed by atoms with Crippen molar-refractivity contribution in [3.05, 3.63) is 40.7 Å². The van der Waals surface area contributed by atoms with Gasteiger partial charge in [0.1, 0.15) is 23.5 Å². The van der Waals surface area contributed by atoms with Crippen molar-refractivity contribution < 1.29 is 0 Å². The van der Waals surface area contributed by atoms with Crippen LogP contribution in [0.3, 0.4) is 0 Å². The highest BCUT2D eigenvalue weighted by atomic mass is 35.5. The molecule has 2 rings (SSSR count). The maximum Gasteiger partial charge on any atom is 0.136 e. The van der Waals surface area contributed by atoms with E-state index in [4.69, 9.17) is 16.9 Å². The molecule has 0 bridgehead atoms. The first kappa shape index (κ1) is 14.1. The molecule has 0 aliphatic carbocycles. The van der Waals surface area contributed by atoms with Gasteiger partial charge in [0.15, 0.2) is 0 Å². The maximum absolute atomic E-state index is 9.10. The minimum Gasteiger partial charge on any atom is -0.370 e. The lowest BCUT2D eigenvalue weighted by Gasteiger charge is -2.10. The zero-order chi connectivity index (χ0) is 14.5. The van der Waals surface area contributed by atoms with E-state index in [0.29, 0.717) is 27.9 Å². The first-order chi connectivity index (χ1) is 9.62. The van der Waals surface area contributed by atoms with E-state index in [-0.39, 0.29) is 0 Å². The summed E-state index contributed by atoms with van der Waals surface area (Å²) in [4.78, 5) is 8.57. The summed E-state index contributed by atoms with van der Waals surface area (Å²) in [7, 11) is 0. The van der Waals surface area contributed by atoms with Gasteiger partial charge in [-0.3, -0.25) is 0 Å². The first-order valence-electron chi connectivity index (χ1n) is 6.18. The Bertz CT molecular complexity index is 663. The van der Waals surface area contributed by atoms with Crippen molar-refractivity contribution in [3.8, 4) is 6.07 Å². The molecule has 0 saturated carbocycles. The number of anilines is 3. The predicted molar refractivity (Wildman–Crippen MR) is 80.4 cm³/mol. The summed E-state index contributed by atoms with van der Waals surface area (Å²) in [6.07, 6.45) is 0. The Kier molecular flexibility index (Phi) is 4.38. The van der Waals surface area contributed by atoms with Crippen molar-refractivity contribution in [2.45, 2.75) is 13.8 Å². The quantitative estimate of drug-likeness (QED) is 0.900. The van der Waals surface area contributed by atoms with Crippen LogP contribution in [0.2, 0.25) is 5.02 Å². The lowest BCUT2D eigenvalue weighted by molar-refractivity contribution is 1.04. The third-order valence-corrected chi connectivity index (χ3v) is 2.80. The van der Waals surface area contributed by atoms with Crippen LogP contribution in [0.5, 0.6) is 0 Å². The molecule has 1 aromatic carbocycles. The number of nitriles is 1. The molecule has 1 heterocycles. The van der Waals surface area contributed by atoms with Crippen molar-refractivity contribution in [1.82, 2.24) is 9.97 Å². The molecule has 0 atom stereocenters. The third-order valence-electron chi connectivity index (χ3n) is 2.56. The summed E-state index contributed by atoms with van der Waals surface area (Å²) in [6, 6.07) is 8.96. The number of hydrogen-bond acceptors (Lipinski definition) is 5. The minimum absolute atomic E-state index is 0.510. The second-order valence-electron chi connectivity index (χ2n) is 4.14. The van der Waals surface area contributed by atoms with Gasteiger partial charge in [-0.05, 0) is 32.0 Å². The largest absolute Gasteiger partial charge is 0.370 e. The summed E-state index contributed by atoms with van der Waals surface area (Å²) >= 11 is 5.96. The van der Waals surface area contributed by atoms with Gasteiger partial charge in [0.25, 0.3) is 0 Å². The topological polar surface area (TPSA) is 73.6 Å². The van der Waals surface area contributed by atoms with E-state index in [1.54, 1.807) is 24.3 Å². The van der Waals surface area contributed by atoms with Crippen molar-refractivity contribution >= 4 is 28.9 Å². The molecule has 5 nitrogen and oxygen atoms in total. The summed E-state index contributed by atoms with van der Waals surface area (Å²) in [5, 5.41) is 15.9. The molecule has 20 heavy (non-hydrogen) atoms. The summed E-state index contributed by atoms with van der Waals surface area (Å²) < 4.78 is 0. The SMILES string of the molecule is CCNc1cc(Nc2cc(Cl)ccc2C#N)nc(C)n1. The van der Waals surface area contributed by atoms with Gasteiger partial charge in [-0.15, -0.1) is 0 Å². The van der Waals surface area contributed by atoms with E-state index in [9.17, 15) is 0 Å². The predicted octanol–water partition coefficient (Wildman–Crippen LogP) is 3.49. The third kappa shape index (κ3) is 3.37. The fourth-order valence-corrected chi connectivity index (χ4v) is 1.93. The number of nitrogens with one attached hydrogen (secondary N) is 2. The van der Waals surface area contributed by atoms with Crippen LogP contribution in [0.1, 0.15) is 18.3 Å². The van der Waals surface area contributed by atoms with Crippen LogP contribution in [0.15, 0.2) is 24.3 Å². The van der Waals surface area contributed by atoms with Crippen LogP contribution < -0.4 is 10.6 Å². The molecule has 0 unspecified atom stereocenters. The molecule has 2 N–H and O–H groups in total. The van der Waals surface area contributed by atoms with Gasteiger partial charge in [0, 0.05) is 17.6 Å². The number of nitrogens with zero attached hydrogens (tertiary/aromatic N) is 3. The molecule has 0 aliphatic rings. The molecule has 102 valence electrons. The van der Waals surface area contributed by atoms with E-state index < -0.39 is 0 Å². The molecular weight excluding hydrogens is 274 g/mol. The minimum atomic E-state index is 0.510. The molecule has 0 aliphatic heterocycles. The van der Waals surface area contributed by atoms with E-state index in [0.717, 1.165) is 12.4 Å². The number of aromatic nitrogens is 2. The monoisotopic (exact) mass is 287 g/mol. The van der Waals surface area contributed by atoms with Crippen molar-refractivity contribution in [3.63, 3.8) is 0 Å². The van der Waals surface area contributed by atoms with E-state index >= 15 is 0 Å². The molecular formula is C14H14ClN5. The molecule has 0 saturated heterocycles. The number of rotatable bonds is 4. The van der Waals surface area contributed by atoms with Crippen LogP contribution in [0.25, 0.3) is 0 Å². The fourth-order valence-electron chi connectivity index (χ4n) is 1.76. The van der Waals surface area contributed by atoms with E-state index in [1.807, 2.05) is 13.8 Å². The van der Waals surface area contributed by atoms with Gasteiger partial charge in [-0.2, -0.15) is 5.26 Å². The lowest BCUT2D eigenvalue weighted by Crippen LogP contribution is -2.04. The number of halogens is 1. The second-order valence-corrected chi connectivity index (χ2v) is 4.58. The smallest absolute Gasteiger partial charge is 0.136 e. The molecule has 0 radical (unpaired) electrons. The zero-order valence-electron chi connectivity index (χ0n) is 11.2. The van der Waals surface area contributed by atoms with Gasteiger partial charge >= 0.3 is 0 Å². The van der Waals surface area contributed by atoms with Crippen LogP contribution in [-0.4, -0.2) is 16.5 Å². The normalized spacial score (nSPS) is 9.90. The highest BCUT2D eigenvalue weighted by Crippen LogP contribution is 2.24. The Labute approximate surface area is 122 Å². The Morgan fingerprint density at radius 1 is 1.25 bits per heavy atom. The lowest BCUT2D eigenvalue weighted by atomic mass is 10.2. The summed E-state index contributed by atoms with van der Waals surface area (Å²) in [5.41, 5.74) is 1.14. The molecule has 6 heteroatoms. The highest BCUT2D eigenvalue weighted by molar-refractivity contribution is 6.30. The molecule has 2 aromatic rings. The summed E-state index contributed by atoms with van der Waals surface area (Å²) in [5.74, 6) is 2.00. The number of hydrogen-bond donors (Lipinski definition) is 2. The van der Waals surface area contributed by atoms with E-state index in [2.05, 4.69) is 26.7 Å². The van der Waals surface area contributed by atoms with Crippen molar-refractivity contribution in [2.24, 2.45) is 0 Å². The fraction of sp³-hybridized carbons (Fsp3) is 0.214. The van der Waals surface area contributed by atoms with Crippen LogP contribution in [0.4, 0.5) is 17.3 Å². The Morgan fingerprint density at radius 2 is 2.00 bits per heavy atom. The van der Waals surface area contributed by atoms with Gasteiger partial charge < -0.3 is 10.6 Å². The highest BCUT2D eigenvalue weighted by Gasteiger charge is 2.06. The molecule has 0 fully saturated rings. The summed E-state index contributed by atoms with van der Waals surface area (Å²) in [6.45, 7) is 4.58. The first-order valence-corrected chi connectivity index (χ1v) is 6.56. The Balaban J connectivity index is 2.35.